The molecule has 0 bridgehead atoms. The van der Waals surface area contributed by atoms with E-state index in [4.69, 9.17) is 16.7 Å². The Morgan fingerprint density at radius 1 is 0.944 bits per heavy atom. The fraction of sp³-hybridized carbons (Fsp3) is 0.429. The number of halogens is 1. The Hall–Kier alpha value is -0.350. The summed E-state index contributed by atoms with van der Waals surface area (Å²) in [6.07, 6.45) is 4.15. The van der Waals surface area contributed by atoms with Gasteiger partial charge in [0.2, 0.25) is 0 Å². The molecule has 4 heteroatoms. The molecule has 0 aliphatic carbocycles. The van der Waals surface area contributed by atoms with Gasteiger partial charge in [0.05, 0.1) is 0 Å². The first-order chi connectivity index (χ1) is 8.86. The second kappa shape index (κ2) is 10.6. The Morgan fingerprint density at radius 2 is 1.50 bits per heavy atom. The van der Waals surface area contributed by atoms with E-state index in [9.17, 15) is 0 Å². The highest BCUT2D eigenvalue weighted by atomic mass is 35.5. The molecule has 1 nitrogen and oxygen atoms in total. The van der Waals surface area contributed by atoms with Gasteiger partial charge in [-0.1, -0.05) is 12.1 Å². The van der Waals surface area contributed by atoms with Crippen molar-refractivity contribution in [1.82, 2.24) is 0 Å². The minimum absolute atomic E-state index is 0.303. The summed E-state index contributed by atoms with van der Waals surface area (Å²) in [4.78, 5) is 2.81. The molecule has 2 heterocycles. The third-order valence-electron chi connectivity index (χ3n) is 2.30. The highest BCUT2D eigenvalue weighted by Crippen LogP contribution is 2.11. The first kappa shape index (κ1) is 15.7. The van der Waals surface area contributed by atoms with Gasteiger partial charge in [-0.2, -0.15) is 0 Å². The van der Waals surface area contributed by atoms with E-state index < -0.39 is 0 Å². The molecule has 100 valence electrons. The third-order valence-corrected chi connectivity index (χ3v) is 4.44. The van der Waals surface area contributed by atoms with E-state index in [0.29, 0.717) is 6.61 Å². The van der Waals surface area contributed by atoms with Crippen LogP contribution >= 0.6 is 34.3 Å². The molecule has 2 rings (SSSR count). The molecule has 0 unspecified atom stereocenters. The van der Waals surface area contributed by atoms with Crippen molar-refractivity contribution in [1.29, 1.82) is 0 Å². The maximum absolute atomic E-state index is 8.47. The van der Waals surface area contributed by atoms with Crippen LogP contribution in [-0.2, 0) is 12.8 Å². The van der Waals surface area contributed by atoms with Gasteiger partial charge in [-0.25, -0.2) is 0 Å². The summed E-state index contributed by atoms with van der Waals surface area (Å²) in [6.45, 7) is 0.303. The van der Waals surface area contributed by atoms with E-state index in [2.05, 4.69) is 29.0 Å². The molecule has 0 fully saturated rings. The van der Waals surface area contributed by atoms with Crippen molar-refractivity contribution < 1.29 is 5.11 Å². The standard InChI is InChI=1S/C7H9ClS.C7H10OS/c2*8-5-1-3-7-4-2-6-9-7/h2,4,6H,1,3,5H2;2,4,6,8H,1,3,5H2. The largest absolute Gasteiger partial charge is 0.396 e. The number of hydrogen-bond acceptors (Lipinski definition) is 3. The number of rotatable bonds is 6. The Bertz CT molecular complexity index is 332. The van der Waals surface area contributed by atoms with Gasteiger partial charge in [-0.15, -0.1) is 34.3 Å². The summed E-state index contributed by atoms with van der Waals surface area (Å²) >= 11 is 9.08. The molecule has 0 amide bonds. The summed E-state index contributed by atoms with van der Waals surface area (Å²) < 4.78 is 0. The van der Waals surface area contributed by atoms with Crippen LogP contribution in [0.3, 0.4) is 0 Å². The molecule has 2 aromatic rings. The lowest BCUT2D eigenvalue weighted by Crippen LogP contribution is -1.84. The molecule has 0 radical (unpaired) electrons. The Morgan fingerprint density at radius 3 is 1.89 bits per heavy atom. The average molecular weight is 303 g/mol. The van der Waals surface area contributed by atoms with E-state index in [1.165, 1.54) is 9.75 Å². The molecular formula is C14H19ClOS2. The smallest absolute Gasteiger partial charge is 0.0434 e. The highest BCUT2D eigenvalue weighted by Gasteiger charge is 1.91. The van der Waals surface area contributed by atoms with Gasteiger partial charge < -0.3 is 5.11 Å². The number of aliphatic hydroxyl groups is 1. The highest BCUT2D eigenvalue weighted by molar-refractivity contribution is 7.10. The number of hydrogen-bond donors (Lipinski definition) is 1. The zero-order chi connectivity index (χ0) is 13.1. The molecule has 0 aliphatic heterocycles. The minimum Gasteiger partial charge on any atom is -0.396 e. The van der Waals surface area contributed by atoms with E-state index in [0.717, 1.165) is 31.6 Å². The predicted molar refractivity (Wildman–Crippen MR) is 83.1 cm³/mol. The van der Waals surface area contributed by atoms with Crippen LogP contribution in [0.5, 0.6) is 0 Å². The Labute approximate surface area is 122 Å². The van der Waals surface area contributed by atoms with Gasteiger partial charge >= 0.3 is 0 Å². The average Bonchev–Trinajstić information content (AvgIpc) is 3.07. The molecule has 0 saturated heterocycles. The third kappa shape index (κ3) is 7.17. The van der Waals surface area contributed by atoms with Crippen LogP contribution in [0.1, 0.15) is 22.6 Å². The zero-order valence-electron chi connectivity index (χ0n) is 10.3. The Kier molecular flexibility index (Phi) is 9.22. The van der Waals surface area contributed by atoms with Gasteiger partial charge in [-0.05, 0) is 48.6 Å². The second-order valence-corrected chi connectivity index (χ2v) is 6.22. The lowest BCUT2D eigenvalue weighted by Gasteiger charge is -1.90. The van der Waals surface area contributed by atoms with Crippen molar-refractivity contribution in [2.45, 2.75) is 25.7 Å². The topological polar surface area (TPSA) is 20.2 Å². The van der Waals surface area contributed by atoms with E-state index in [1.54, 1.807) is 22.7 Å². The molecule has 1 N–H and O–H groups in total. The van der Waals surface area contributed by atoms with Crippen LogP contribution in [-0.4, -0.2) is 17.6 Å². The van der Waals surface area contributed by atoms with E-state index in [-0.39, 0.29) is 0 Å². The second-order valence-electron chi connectivity index (χ2n) is 3.78. The maximum Gasteiger partial charge on any atom is 0.0434 e. The van der Waals surface area contributed by atoms with Crippen LogP contribution in [0.2, 0.25) is 0 Å². The fourth-order valence-corrected chi connectivity index (χ4v) is 3.04. The monoisotopic (exact) mass is 302 g/mol. The molecular weight excluding hydrogens is 284 g/mol. The van der Waals surface area contributed by atoms with Crippen molar-refractivity contribution >= 4 is 34.3 Å². The SMILES string of the molecule is ClCCCc1cccs1.OCCCc1cccs1. The van der Waals surface area contributed by atoms with Gasteiger partial charge in [0, 0.05) is 22.2 Å². The molecule has 0 atom stereocenters. The van der Waals surface area contributed by atoms with Crippen molar-refractivity contribution in [2.75, 3.05) is 12.5 Å². The van der Waals surface area contributed by atoms with Crippen LogP contribution in [0.25, 0.3) is 0 Å². The van der Waals surface area contributed by atoms with Crippen LogP contribution < -0.4 is 0 Å². The molecule has 0 saturated carbocycles. The summed E-state index contributed by atoms with van der Waals surface area (Å²) in [5.41, 5.74) is 0. The maximum atomic E-state index is 8.47. The van der Waals surface area contributed by atoms with Crippen molar-refractivity contribution in [3.8, 4) is 0 Å². The summed E-state index contributed by atoms with van der Waals surface area (Å²) in [5.74, 6) is 0.776. The van der Waals surface area contributed by atoms with Crippen LogP contribution in [0.15, 0.2) is 35.0 Å². The number of aliphatic hydroxyl groups excluding tert-OH is 1. The minimum atomic E-state index is 0.303. The van der Waals surface area contributed by atoms with Crippen LogP contribution in [0, 0.1) is 0 Å². The zero-order valence-corrected chi connectivity index (χ0v) is 12.7. The van der Waals surface area contributed by atoms with Gasteiger partial charge in [0.1, 0.15) is 0 Å². The van der Waals surface area contributed by atoms with E-state index >= 15 is 0 Å². The van der Waals surface area contributed by atoms with Gasteiger partial charge in [0.25, 0.3) is 0 Å². The van der Waals surface area contributed by atoms with Gasteiger partial charge in [-0.3, -0.25) is 0 Å². The molecule has 0 spiro atoms. The molecule has 18 heavy (non-hydrogen) atoms. The van der Waals surface area contributed by atoms with E-state index in [1.807, 2.05) is 6.07 Å². The summed E-state index contributed by atoms with van der Waals surface area (Å²) in [7, 11) is 0. The first-order valence-corrected chi connectivity index (χ1v) is 8.37. The normalized spacial score (nSPS) is 9.89. The van der Waals surface area contributed by atoms with Crippen molar-refractivity contribution in [3.63, 3.8) is 0 Å². The van der Waals surface area contributed by atoms with Crippen molar-refractivity contribution in [2.24, 2.45) is 0 Å². The quantitative estimate of drug-likeness (QED) is 0.774. The Balaban J connectivity index is 0.000000180. The van der Waals surface area contributed by atoms with Crippen LogP contribution in [0.4, 0.5) is 0 Å². The summed E-state index contributed by atoms with van der Waals surface area (Å²) in [5, 5.41) is 12.6. The molecule has 0 aromatic carbocycles. The number of thiophene rings is 2. The van der Waals surface area contributed by atoms with Crippen molar-refractivity contribution in [3.05, 3.63) is 44.8 Å². The first-order valence-electron chi connectivity index (χ1n) is 6.08. The predicted octanol–water partition coefficient (Wildman–Crippen LogP) is 4.59. The molecule has 2 aromatic heterocycles. The fourth-order valence-electron chi connectivity index (χ4n) is 1.40. The number of aryl methyl sites for hydroxylation is 2. The summed E-state index contributed by atoms with van der Waals surface area (Å²) in [6, 6.07) is 8.36. The van der Waals surface area contributed by atoms with Gasteiger partial charge in [0.15, 0.2) is 0 Å². The lowest BCUT2D eigenvalue weighted by molar-refractivity contribution is 0.289. The molecule has 0 aliphatic rings. The lowest BCUT2D eigenvalue weighted by atomic mass is 10.3. The number of alkyl halides is 1.